The molecule has 0 heterocycles. The van der Waals surface area contributed by atoms with Crippen LogP contribution in [0.3, 0.4) is 0 Å². The first-order chi connectivity index (χ1) is 9.31. The molecule has 2 heteroatoms. The van der Waals surface area contributed by atoms with Crippen LogP contribution in [0.1, 0.15) is 71.6 Å². The lowest BCUT2D eigenvalue weighted by molar-refractivity contribution is -0.137. The molecule has 0 saturated carbocycles. The molecule has 2 nitrogen and oxygen atoms in total. The van der Waals surface area contributed by atoms with Gasteiger partial charge in [0.05, 0.1) is 6.61 Å². The highest BCUT2D eigenvalue weighted by Gasteiger charge is 1.94. The molecule has 0 aliphatic rings. The molecule has 0 N–H and O–H groups in total. The summed E-state index contributed by atoms with van der Waals surface area (Å²) in [7, 11) is 0. The predicted octanol–water partition coefficient (Wildman–Crippen LogP) is 5.19. The molecular weight excluding hydrogens is 236 g/mol. The molecule has 0 atom stereocenters. The maximum Gasteiger partial charge on any atom is 0.330 e. The van der Waals surface area contributed by atoms with Gasteiger partial charge in [0.25, 0.3) is 0 Å². The second-order valence-electron chi connectivity index (χ2n) is 4.86. The van der Waals surface area contributed by atoms with Gasteiger partial charge < -0.3 is 4.74 Å². The molecule has 0 aliphatic carbocycles. The van der Waals surface area contributed by atoms with Crippen molar-refractivity contribution in [2.45, 2.75) is 71.6 Å². The number of esters is 1. The molecular formula is C17H30O2. The summed E-state index contributed by atoms with van der Waals surface area (Å²) in [5.74, 6) is -0.233. The second kappa shape index (κ2) is 15.0. The molecule has 0 aromatic carbocycles. The number of carbonyl (C=O) groups excluding carboxylic acids is 1. The van der Waals surface area contributed by atoms with Crippen LogP contribution in [0, 0.1) is 0 Å². The number of hydrogen-bond acceptors (Lipinski definition) is 2. The molecule has 0 aromatic rings. The molecule has 19 heavy (non-hydrogen) atoms. The number of allylic oxidation sites excluding steroid dienone is 3. The fraction of sp³-hybridized carbons (Fsp3) is 0.706. The summed E-state index contributed by atoms with van der Waals surface area (Å²) >= 11 is 0. The van der Waals surface area contributed by atoms with Crippen LogP contribution >= 0.6 is 0 Å². The topological polar surface area (TPSA) is 26.3 Å². The fourth-order valence-electron chi connectivity index (χ4n) is 1.75. The molecule has 0 aliphatic heterocycles. The molecule has 0 rings (SSSR count). The molecule has 0 unspecified atom stereocenters. The highest BCUT2D eigenvalue weighted by Crippen LogP contribution is 2.05. The Morgan fingerprint density at radius 2 is 1.58 bits per heavy atom. The van der Waals surface area contributed by atoms with Gasteiger partial charge in [-0.15, -0.1) is 0 Å². The van der Waals surface area contributed by atoms with Crippen LogP contribution in [0.25, 0.3) is 0 Å². The van der Waals surface area contributed by atoms with Crippen molar-refractivity contribution in [1.82, 2.24) is 0 Å². The average Bonchev–Trinajstić information content (AvgIpc) is 2.42. The summed E-state index contributed by atoms with van der Waals surface area (Å²) in [4.78, 5) is 11.3. The fourth-order valence-corrected chi connectivity index (χ4v) is 1.75. The number of unbranched alkanes of at least 4 members (excludes halogenated alkanes) is 7. The summed E-state index contributed by atoms with van der Waals surface area (Å²) in [5.41, 5.74) is 0. The third kappa shape index (κ3) is 14.9. The standard InChI is InChI=1S/C17H30O2/c1-3-5-7-8-9-10-11-12-13-15-17(18)19-16-14-6-4-2/h11-13,15H,3-10,14,16H2,1-2H3. The van der Waals surface area contributed by atoms with Crippen LogP contribution in [0.5, 0.6) is 0 Å². The Bertz CT molecular complexity index is 254. The van der Waals surface area contributed by atoms with E-state index in [9.17, 15) is 4.79 Å². The van der Waals surface area contributed by atoms with Gasteiger partial charge in [0.15, 0.2) is 0 Å². The lowest BCUT2D eigenvalue weighted by Crippen LogP contribution is -2.01. The smallest absolute Gasteiger partial charge is 0.330 e. The lowest BCUT2D eigenvalue weighted by atomic mass is 10.1. The van der Waals surface area contributed by atoms with Gasteiger partial charge in [-0.3, -0.25) is 0 Å². The Kier molecular flexibility index (Phi) is 14.2. The zero-order valence-corrected chi connectivity index (χ0v) is 12.7. The number of ether oxygens (including phenoxy) is 1. The highest BCUT2D eigenvalue weighted by atomic mass is 16.5. The Morgan fingerprint density at radius 3 is 2.32 bits per heavy atom. The van der Waals surface area contributed by atoms with E-state index in [1.807, 2.05) is 6.08 Å². The van der Waals surface area contributed by atoms with E-state index < -0.39 is 0 Å². The first-order valence-electron chi connectivity index (χ1n) is 7.81. The van der Waals surface area contributed by atoms with Crippen LogP contribution in [0.4, 0.5) is 0 Å². The summed E-state index contributed by atoms with van der Waals surface area (Å²) in [6, 6.07) is 0. The summed E-state index contributed by atoms with van der Waals surface area (Å²) in [5, 5.41) is 0. The average molecular weight is 266 g/mol. The third-order valence-electron chi connectivity index (χ3n) is 2.95. The van der Waals surface area contributed by atoms with E-state index in [-0.39, 0.29) is 5.97 Å². The Labute approximate surface area is 118 Å². The molecule has 110 valence electrons. The first kappa shape index (κ1) is 17.9. The van der Waals surface area contributed by atoms with Crippen LogP contribution in [0.2, 0.25) is 0 Å². The SMILES string of the molecule is CCCCCCCC=CC=CC(=O)OCCCCC. The Morgan fingerprint density at radius 1 is 0.895 bits per heavy atom. The van der Waals surface area contributed by atoms with Crippen LogP contribution in [-0.4, -0.2) is 12.6 Å². The number of carbonyl (C=O) groups is 1. The van der Waals surface area contributed by atoms with Crippen molar-refractivity contribution in [1.29, 1.82) is 0 Å². The highest BCUT2D eigenvalue weighted by molar-refractivity contribution is 5.82. The molecule has 0 amide bonds. The monoisotopic (exact) mass is 266 g/mol. The minimum absolute atomic E-state index is 0.233. The summed E-state index contributed by atoms with van der Waals surface area (Å²) < 4.78 is 5.06. The number of hydrogen-bond donors (Lipinski definition) is 0. The van der Waals surface area contributed by atoms with Crippen molar-refractivity contribution in [2.24, 2.45) is 0 Å². The van der Waals surface area contributed by atoms with Crippen molar-refractivity contribution >= 4 is 5.97 Å². The Hall–Kier alpha value is -1.05. The van der Waals surface area contributed by atoms with E-state index in [0.29, 0.717) is 6.61 Å². The maximum absolute atomic E-state index is 11.3. The van der Waals surface area contributed by atoms with Crippen LogP contribution < -0.4 is 0 Å². The molecule has 0 bridgehead atoms. The Balaban J connectivity index is 3.41. The van der Waals surface area contributed by atoms with Crippen LogP contribution in [-0.2, 0) is 9.53 Å². The van der Waals surface area contributed by atoms with E-state index in [0.717, 1.165) is 25.7 Å². The lowest BCUT2D eigenvalue weighted by Gasteiger charge is -1.99. The van der Waals surface area contributed by atoms with Crippen LogP contribution in [0.15, 0.2) is 24.3 Å². The minimum Gasteiger partial charge on any atom is -0.463 e. The van der Waals surface area contributed by atoms with Gasteiger partial charge in [-0.1, -0.05) is 70.6 Å². The zero-order valence-electron chi connectivity index (χ0n) is 12.7. The molecule has 0 aromatic heterocycles. The van der Waals surface area contributed by atoms with E-state index in [1.165, 1.54) is 38.2 Å². The van der Waals surface area contributed by atoms with Gasteiger partial charge in [-0.05, 0) is 19.3 Å². The number of rotatable bonds is 12. The van der Waals surface area contributed by atoms with E-state index >= 15 is 0 Å². The van der Waals surface area contributed by atoms with Crippen molar-refractivity contribution in [3.8, 4) is 0 Å². The first-order valence-corrected chi connectivity index (χ1v) is 7.81. The summed E-state index contributed by atoms with van der Waals surface area (Å²) in [6.07, 6.45) is 18.2. The van der Waals surface area contributed by atoms with Gasteiger partial charge in [0.1, 0.15) is 0 Å². The van der Waals surface area contributed by atoms with E-state index in [4.69, 9.17) is 4.74 Å². The summed E-state index contributed by atoms with van der Waals surface area (Å²) in [6.45, 7) is 4.90. The van der Waals surface area contributed by atoms with Gasteiger partial charge in [-0.25, -0.2) is 4.79 Å². The minimum atomic E-state index is -0.233. The van der Waals surface area contributed by atoms with Gasteiger partial charge in [0, 0.05) is 6.08 Å². The molecule has 0 radical (unpaired) electrons. The van der Waals surface area contributed by atoms with Crippen molar-refractivity contribution in [3.63, 3.8) is 0 Å². The largest absolute Gasteiger partial charge is 0.463 e. The molecule has 0 saturated heterocycles. The third-order valence-corrected chi connectivity index (χ3v) is 2.95. The van der Waals surface area contributed by atoms with E-state index in [2.05, 4.69) is 19.9 Å². The van der Waals surface area contributed by atoms with Crippen molar-refractivity contribution in [2.75, 3.05) is 6.61 Å². The zero-order chi connectivity index (χ0) is 14.2. The van der Waals surface area contributed by atoms with E-state index in [1.54, 1.807) is 6.08 Å². The van der Waals surface area contributed by atoms with Crippen molar-refractivity contribution < 1.29 is 9.53 Å². The quantitative estimate of drug-likeness (QED) is 0.210. The van der Waals surface area contributed by atoms with Crippen molar-refractivity contribution in [3.05, 3.63) is 24.3 Å². The second-order valence-corrected chi connectivity index (χ2v) is 4.86. The van der Waals surface area contributed by atoms with Gasteiger partial charge in [0.2, 0.25) is 0 Å². The molecule has 0 fully saturated rings. The molecule has 0 spiro atoms. The van der Waals surface area contributed by atoms with Gasteiger partial charge in [-0.2, -0.15) is 0 Å². The normalized spacial score (nSPS) is 11.5. The van der Waals surface area contributed by atoms with Gasteiger partial charge >= 0.3 is 5.97 Å². The predicted molar refractivity (Wildman–Crippen MR) is 82.1 cm³/mol. The maximum atomic E-state index is 11.3.